The largest absolute Gasteiger partial charge is 0.505 e. The van der Waals surface area contributed by atoms with E-state index in [4.69, 9.17) is 17.2 Å². The molecule has 0 saturated heterocycles. The van der Waals surface area contributed by atoms with Gasteiger partial charge in [-0.1, -0.05) is 19.9 Å². The molecule has 0 aliphatic heterocycles. The van der Waals surface area contributed by atoms with Crippen LogP contribution in [0.5, 0.6) is 5.75 Å². The van der Waals surface area contributed by atoms with Gasteiger partial charge in [0.1, 0.15) is 24.2 Å². The third-order valence-corrected chi connectivity index (χ3v) is 8.21. The second-order valence-corrected chi connectivity index (χ2v) is 13.3. The first-order valence-corrected chi connectivity index (χ1v) is 17.7. The number of carboxylic acid groups (broad SMARTS) is 1. The molecule has 0 bridgehead atoms. The Kier molecular flexibility index (Phi) is 17.7. The van der Waals surface area contributed by atoms with Gasteiger partial charge in [-0.25, -0.2) is 14.2 Å². The first kappa shape index (κ1) is 42.3. The summed E-state index contributed by atoms with van der Waals surface area (Å²) in [6.07, 6.45) is 5.01. The van der Waals surface area contributed by atoms with Crippen LogP contribution in [0, 0.1) is 11.7 Å². The highest BCUT2D eigenvalue weighted by Gasteiger charge is 2.32. The third-order valence-electron chi connectivity index (χ3n) is 7.57. The molecule has 2 rings (SSSR count). The highest BCUT2D eigenvalue weighted by molar-refractivity contribution is 7.98. The number of phenolic OH excluding ortho intramolecular Hbond substituents is 1. The molecule has 1 aromatic heterocycles. The van der Waals surface area contributed by atoms with Gasteiger partial charge < -0.3 is 53.7 Å². The van der Waals surface area contributed by atoms with Crippen LogP contribution < -0.4 is 38.5 Å². The van der Waals surface area contributed by atoms with Gasteiger partial charge in [0.2, 0.25) is 23.6 Å². The molecule has 13 N–H and O–H groups in total. The fourth-order valence-corrected chi connectivity index (χ4v) is 5.38. The molecule has 51 heavy (non-hydrogen) atoms. The van der Waals surface area contributed by atoms with E-state index >= 15 is 0 Å². The Morgan fingerprint density at radius 3 is 2.16 bits per heavy atom. The number of rotatable bonds is 22. The summed E-state index contributed by atoms with van der Waals surface area (Å²) in [6, 6.07) is -2.68. The standard InChI is InChI=1S/C32H49FN10O7S/c1-17(2)11-23(29(47)43-25(31(49)50)14-19-15-37-16-39-19)41-30(48)24(13-18-6-7-26(44)20(33)12-18)42-28(46)22(5-4-9-38-32(35)36)40-27(45)21(34)8-10-51-3/h6-7,12,15-17,21-25,44H,4-5,8-11,13-14,34H2,1-3H3,(H,37,39)(H,40,45)(H,41,48)(H,42,46)(H,43,47)(H,49,50)(H4,35,36,38)/t21-,22-,23-,24-,25-/m0/s1. The minimum absolute atomic E-state index is 0.0526. The molecule has 0 spiro atoms. The minimum atomic E-state index is -1.42. The maximum atomic E-state index is 14.3. The molecule has 1 heterocycles. The van der Waals surface area contributed by atoms with Gasteiger partial charge in [0, 0.05) is 31.3 Å². The quantitative estimate of drug-likeness (QED) is 0.0406. The number of benzene rings is 1. The second-order valence-electron chi connectivity index (χ2n) is 12.3. The van der Waals surface area contributed by atoms with E-state index in [1.54, 1.807) is 13.8 Å². The van der Waals surface area contributed by atoms with E-state index in [1.807, 2.05) is 6.26 Å². The van der Waals surface area contributed by atoms with Crippen molar-refractivity contribution < 1.29 is 38.6 Å². The zero-order valence-electron chi connectivity index (χ0n) is 28.9. The molecular formula is C32H49FN10O7S. The molecule has 0 saturated carbocycles. The molecule has 1 aromatic carbocycles. The van der Waals surface area contributed by atoms with E-state index in [2.05, 4.69) is 36.2 Å². The van der Waals surface area contributed by atoms with E-state index in [9.17, 15) is 38.6 Å². The van der Waals surface area contributed by atoms with Crippen LogP contribution >= 0.6 is 11.8 Å². The molecule has 0 aliphatic carbocycles. The molecule has 0 fully saturated rings. The summed E-state index contributed by atoms with van der Waals surface area (Å²) in [4.78, 5) is 76.5. The lowest BCUT2D eigenvalue weighted by molar-refractivity contribution is -0.142. The number of amides is 4. The molecule has 19 heteroatoms. The van der Waals surface area contributed by atoms with Crippen LogP contribution in [0.25, 0.3) is 0 Å². The van der Waals surface area contributed by atoms with Crippen LogP contribution in [-0.4, -0.2) is 105 Å². The van der Waals surface area contributed by atoms with Crippen LogP contribution in [0.4, 0.5) is 4.39 Å². The average Bonchev–Trinajstić information content (AvgIpc) is 3.58. The number of imidazole rings is 1. The molecule has 282 valence electrons. The van der Waals surface area contributed by atoms with Gasteiger partial charge in [-0.2, -0.15) is 11.8 Å². The first-order valence-electron chi connectivity index (χ1n) is 16.3. The number of aromatic nitrogens is 2. The Hall–Kier alpha value is -4.91. The summed E-state index contributed by atoms with van der Waals surface area (Å²) in [5, 5.41) is 29.8. The number of carbonyl (C=O) groups excluding carboxylic acids is 4. The number of hydrogen-bond donors (Lipinski definition) is 10. The van der Waals surface area contributed by atoms with Gasteiger partial charge >= 0.3 is 5.97 Å². The molecule has 4 amide bonds. The van der Waals surface area contributed by atoms with Gasteiger partial charge in [-0.3, -0.25) is 24.2 Å². The Labute approximate surface area is 299 Å². The van der Waals surface area contributed by atoms with Gasteiger partial charge in [-0.05, 0) is 61.3 Å². The van der Waals surface area contributed by atoms with E-state index in [-0.39, 0.29) is 56.1 Å². The summed E-state index contributed by atoms with van der Waals surface area (Å²) in [7, 11) is 0. The topological polar surface area (TPSA) is 293 Å². The number of nitrogens with one attached hydrogen (secondary N) is 5. The Bertz CT molecular complexity index is 1490. The number of aliphatic imine (C=N–C) groups is 1. The molecule has 5 atom stereocenters. The van der Waals surface area contributed by atoms with Crippen LogP contribution in [-0.2, 0) is 36.8 Å². The van der Waals surface area contributed by atoms with Crippen LogP contribution in [0.2, 0.25) is 0 Å². The number of aliphatic carboxylic acids is 1. The van der Waals surface area contributed by atoms with Gasteiger partial charge in [0.25, 0.3) is 0 Å². The number of nitrogens with zero attached hydrogens (tertiary/aromatic N) is 2. The van der Waals surface area contributed by atoms with Gasteiger partial charge in [0.05, 0.1) is 12.4 Å². The second kappa shape index (κ2) is 21.3. The maximum absolute atomic E-state index is 14.3. The highest BCUT2D eigenvalue weighted by Crippen LogP contribution is 2.18. The van der Waals surface area contributed by atoms with Crippen molar-refractivity contribution in [1.29, 1.82) is 0 Å². The number of hydrogen-bond acceptors (Lipinski definition) is 10. The maximum Gasteiger partial charge on any atom is 0.326 e. The van der Waals surface area contributed by atoms with Crippen molar-refractivity contribution in [3.05, 3.63) is 47.8 Å². The fraction of sp³-hybridized carbons (Fsp3) is 0.531. The van der Waals surface area contributed by atoms with E-state index < -0.39 is 71.4 Å². The summed E-state index contributed by atoms with van der Waals surface area (Å²) in [5.41, 5.74) is 17.5. The van der Waals surface area contributed by atoms with Crippen molar-refractivity contribution >= 4 is 47.3 Å². The van der Waals surface area contributed by atoms with Gasteiger partial charge in [0.15, 0.2) is 17.5 Å². The number of phenols is 1. The Balaban J connectivity index is 2.38. The van der Waals surface area contributed by atoms with Gasteiger partial charge in [-0.15, -0.1) is 0 Å². The van der Waals surface area contributed by atoms with E-state index in [0.29, 0.717) is 17.9 Å². The number of aromatic amines is 1. The lowest BCUT2D eigenvalue weighted by Crippen LogP contribution is -2.59. The molecule has 2 aromatic rings. The van der Waals surface area contributed by atoms with Crippen molar-refractivity contribution in [1.82, 2.24) is 31.2 Å². The molecular weight excluding hydrogens is 687 g/mol. The Morgan fingerprint density at radius 1 is 0.941 bits per heavy atom. The summed E-state index contributed by atoms with van der Waals surface area (Å²) < 4.78 is 14.3. The minimum Gasteiger partial charge on any atom is -0.505 e. The number of carboxylic acids is 1. The molecule has 0 radical (unpaired) electrons. The number of nitrogens with two attached hydrogens (primary N) is 3. The van der Waals surface area contributed by atoms with Crippen LogP contribution in [0.3, 0.4) is 0 Å². The number of H-pyrrole nitrogens is 1. The average molecular weight is 737 g/mol. The lowest BCUT2D eigenvalue weighted by Gasteiger charge is -2.27. The zero-order valence-corrected chi connectivity index (χ0v) is 29.7. The normalized spacial score (nSPS) is 14.0. The predicted octanol–water partition coefficient (Wildman–Crippen LogP) is -0.756. The van der Waals surface area contributed by atoms with Crippen molar-refractivity contribution in [2.45, 2.75) is 82.6 Å². The van der Waals surface area contributed by atoms with Crippen molar-refractivity contribution in [2.24, 2.45) is 28.1 Å². The fourth-order valence-electron chi connectivity index (χ4n) is 4.89. The number of thioether (sulfide) groups is 1. The molecule has 0 aliphatic rings. The van der Waals surface area contributed by atoms with Crippen molar-refractivity contribution in [3.8, 4) is 5.75 Å². The first-order chi connectivity index (χ1) is 24.1. The van der Waals surface area contributed by atoms with Crippen LogP contribution in [0.15, 0.2) is 35.7 Å². The van der Waals surface area contributed by atoms with E-state index in [0.717, 1.165) is 12.1 Å². The predicted molar refractivity (Wildman–Crippen MR) is 190 cm³/mol. The lowest BCUT2D eigenvalue weighted by atomic mass is 10.00. The van der Waals surface area contributed by atoms with E-state index in [1.165, 1.54) is 30.4 Å². The monoisotopic (exact) mass is 736 g/mol. The van der Waals surface area contributed by atoms with Crippen molar-refractivity contribution in [3.63, 3.8) is 0 Å². The van der Waals surface area contributed by atoms with Crippen molar-refractivity contribution in [2.75, 3.05) is 18.6 Å². The number of guanidine groups is 1. The smallest absolute Gasteiger partial charge is 0.326 e. The summed E-state index contributed by atoms with van der Waals surface area (Å²) in [5.74, 6) is -5.60. The number of halogens is 1. The summed E-state index contributed by atoms with van der Waals surface area (Å²) in [6.45, 7) is 3.73. The molecule has 17 nitrogen and oxygen atoms in total. The third kappa shape index (κ3) is 15.3. The Morgan fingerprint density at radius 2 is 1.57 bits per heavy atom. The van der Waals surface area contributed by atoms with Crippen LogP contribution in [0.1, 0.15) is 50.8 Å². The summed E-state index contributed by atoms with van der Waals surface area (Å²) >= 11 is 1.50. The molecule has 0 unspecified atom stereocenters. The zero-order chi connectivity index (χ0) is 38.1. The number of aromatic hydroxyl groups is 1. The number of carbonyl (C=O) groups is 5. The SMILES string of the molecule is CSCC[C@H](N)C(=O)N[C@@H](CCCN=C(N)N)C(=O)N[C@@H](Cc1ccc(O)c(F)c1)C(=O)N[C@@H](CC(C)C)C(=O)N[C@@H](Cc1cnc[nH]1)C(=O)O. The highest BCUT2D eigenvalue weighted by atomic mass is 32.2.